The molecule has 1 amide bonds. The largest absolute Gasteiger partial charge is 0.481 e. The number of carbonyl (C=O) groups is 2. The van der Waals surface area contributed by atoms with E-state index in [0.29, 0.717) is 18.6 Å². The predicted molar refractivity (Wildman–Crippen MR) is 150 cm³/mol. The minimum Gasteiger partial charge on any atom is -0.481 e. The summed E-state index contributed by atoms with van der Waals surface area (Å²) >= 11 is 3.73. The Balaban J connectivity index is 1.56. The van der Waals surface area contributed by atoms with E-state index in [1.165, 1.54) is 12.1 Å². The Morgan fingerprint density at radius 1 is 1.20 bits per heavy atom. The minimum absolute atomic E-state index is 0.00473. The number of nitrogens with one attached hydrogen (secondary N) is 1. The van der Waals surface area contributed by atoms with Crippen LogP contribution in [-0.2, 0) is 21.2 Å². The summed E-state index contributed by atoms with van der Waals surface area (Å²) in [4.78, 5) is 30.5. The van der Waals surface area contributed by atoms with Gasteiger partial charge in [-0.1, -0.05) is 54.3 Å². The van der Waals surface area contributed by atoms with Crippen molar-refractivity contribution in [3.8, 4) is 0 Å². The second-order valence-electron chi connectivity index (χ2n) is 11.5. The molecule has 0 unspecified atom stereocenters. The van der Waals surface area contributed by atoms with Gasteiger partial charge in [-0.05, 0) is 84.9 Å². The number of amides is 1. The number of hydrogen-bond acceptors (Lipinski definition) is 4. The molecular weight excluding hydrogens is 589 g/mol. The molecule has 2 aliphatic rings. The van der Waals surface area contributed by atoms with E-state index in [0.717, 1.165) is 46.1 Å². The second kappa shape index (κ2) is 11.2. The summed E-state index contributed by atoms with van der Waals surface area (Å²) in [7, 11) is 0. The van der Waals surface area contributed by atoms with Crippen molar-refractivity contribution >= 4 is 33.5 Å². The lowest BCUT2D eigenvalue weighted by atomic mass is 9.49. The zero-order valence-electron chi connectivity index (χ0n) is 23.0. The number of carboxylic acid groups (broad SMARTS) is 1. The molecule has 0 aromatic heterocycles. The smallest absolute Gasteiger partial charge is 0.416 e. The number of oxime groups is 1. The highest BCUT2D eigenvalue weighted by Crippen LogP contribution is 2.58. The zero-order valence-corrected chi connectivity index (χ0v) is 24.6. The Kier molecular flexibility index (Phi) is 8.41. The molecule has 0 saturated heterocycles. The van der Waals surface area contributed by atoms with Gasteiger partial charge < -0.3 is 15.3 Å². The maximum absolute atomic E-state index is 13.0. The van der Waals surface area contributed by atoms with Crippen molar-refractivity contribution in [1.82, 2.24) is 5.32 Å². The van der Waals surface area contributed by atoms with Crippen molar-refractivity contribution < 1.29 is 32.7 Å². The van der Waals surface area contributed by atoms with Crippen LogP contribution in [-0.4, -0.2) is 35.8 Å². The second-order valence-corrected chi connectivity index (χ2v) is 12.4. The summed E-state index contributed by atoms with van der Waals surface area (Å²) < 4.78 is 39.9. The Hall–Kier alpha value is -2.88. The van der Waals surface area contributed by atoms with Crippen LogP contribution in [0.5, 0.6) is 0 Å². The molecule has 1 saturated carbocycles. The van der Waals surface area contributed by atoms with Gasteiger partial charge in [0.05, 0.1) is 23.2 Å². The Morgan fingerprint density at radius 2 is 1.93 bits per heavy atom. The van der Waals surface area contributed by atoms with Crippen molar-refractivity contribution in [2.24, 2.45) is 16.5 Å². The molecular formula is C30H34BrF3N2O4. The van der Waals surface area contributed by atoms with Gasteiger partial charge in [0.25, 0.3) is 5.91 Å². The molecule has 6 nitrogen and oxygen atoms in total. The number of alkyl halides is 3. The molecule has 0 heterocycles. The normalized spacial score (nSPS) is 25.3. The van der Waals surface area contributed by atoms with Gasteiger partial charge in [0.2, 0.25) is 0 Å². The number of fused-ring (bicyclic) bond motifs is 3. The molecule has 3 atom stereocenters. The monoisotopic (exact) mass is 622 g/mol. The number of aliphatic carboxylic acids is 1. The number of halogens is 4. The average molecular weight is 624 g/mol. The highest BCUT2D eigenvalue weighted by Gasteiger charge is 2.56. The molecule has 0 radical (unpaired) electrons. The summed E-state index contributed by atoms with van der Waals surface area (Å²) in [5.41, 5.74) is 1.49. The van der Waals surface area contributed by atoms with E-state index >= 15 is 0 Å². The average Bonchev–Trinajstić information content (AvgIpc) is 2.88. The third kappa shape index (κ3) is 5.64. The molecule has 2 N–H and O–H groups in total. The molecule has 2 aromatic rings. The third-order valence-corrected chi connectivity index (χ3v) is 9.29. The first-order valence-electron chi connectivity index (χ1n) is 13.4. The first-order valence-corrected chi connectivity index (χ1v) is 14.2. The van der Waals surface area contributed by atoms with Gasteiger partial charge >= 0.3 is 12.1 Å². The molecule has 10 heteroatoms. The number of hydrogen-bond donors (Lipinski definition) is 2. The molecule has 0 bridgehead atoms. The SMILES string of the molecule is CC(C)c1cc2c(cc1Br)[C@@]1(C)CCC[C@@](C)(C(=O)O)[C@@H]1C/C2=N\OCCNC(=O)c1cccc(C(F)(F)F)c1. The molecule has 2 aliphatic carbocycles. The Morgan fingerprint density at radius 3 is 2.58 bits per heavy atom. The van der Waals surface area contributed by atoms with E-state index < -0.39 is 29.0 Å². The standard InChI is InChI=1S/C30H34BrF3N2O4/c1-17(2)20-14-21-22(15-23(20)31)28(3)9-6-10-29(4,27(38)39)25(28)16-24(21)36-40-12-11-35-26(37)18-7-5-8-19(13-18)30(32,33)34/h5,7-8,13-15,17,25H,6,9-12,16H2,1-4H3,(H,35,37)(H,38,39)/b36-24+/t25-,28-,29-/m1/s1. The van der Waals surface area contributed by atoms with Crippen molar-refractivity contribution in [3.63, 3.8) is 0 Å². The Bertz CT molecular complexity index is 1340. The number of benzene rings is 2. The summed E-state index contributed by atoms with van der Waals surface area (Å²) in [6.45, 7) is 8.20. The zero-order chi connectivity index (χ0) is 29.5. The summed E-state index contributed by atoms with van der Waals surface area (Å²) in [6.07, 6.45) is -1.84. The van der Waals surface area contributed by atoms with Gasteiger partial charge in [-0.2, -0.15) is 13.2 Å². The fraction of sp³-hybridized carbons (Fsp3) is 0.500. The van der Waals surface area contributed by atoms with E-state index in [1.54, 1.807) is 0 Å². The lowest BCUT2D eigenvalue weighted by Crippen LogP contribution is -2.53. The van der Waals surface area contributed by atoms with Crippen molar-refractivity contribution in [2.75, 3.05) is 13.2 Å². The van der Waals surface area contributed by atoms with E-state index in [1.807, 2.05) is 6.92 Å². The van der Waals surface area contributed by atoms with Gasteiger partial charge in [0.15, 0.2) is 0 Å². The van der Waals surface area contributed by atoms with Gasteiger partial charge in [0.1, 0.15) is 6.61 Å². The van der Waals surface area contributed by atoms with Crippen molar-refractivity contribution in [1.29, 1.82) is 0 Å². The van der Waals surface area contributed by atoms with Gasteiger partial charge in [-0.3, -0.25) is 9.59 Å². The molecule has 4 rings (SSSR count). The van der Waals surface area contributed by atoms with Crippen LogP contribution >= 0.6 is 15.9 Å². The van der Waals surface area contributed by atoms with E-state index in [4.69, 9.17) is 4.84 Å². The quantitative estimate of drug-likeness (QED) is 0.251. The van der Waals surface area contributed by atoms with Crippen LogP contribution in [0, 0.1) is 11.3 Å². The molecule has 0 aliphatic heterocycles. The molecule has 2 aromatic carbocycles. The number of nitrogens with zero attached hydrogens (tertiary/aromatic N) is 1. The topological polar surface area (TPSA) is 88.0 Å². The van der Waals surface area contributed by atoms with Crippen LogP contribution < -0.4 is 5.32 Å². The number of carbonyl (C=O) groups excluding carboxylic acids is 1. The summed E-state index contributed by atoms with van der Waals surface area (Å²) in [5.74, 6) is -1.41. The summed E-state index contributed by atoms with van der Waals surface area (Å²) in [6, 6.07) is 8.43. The maximum Gasteiger partial charge on any atom is 0.416 e. The molecule has 1 fully saturated rings. The van der Waals surface area contributed by atoms with Gasteiger partial charge in [-0.15, -0.1) is 0 Å². The fourth-order valence-electron chi connectivity index (χ4n) is 6.31. The van der Waals surface area contributed by atoms with E-state index in [-0.39, 0.29) is 36.0 Å². The lowest BCUT2D eigenvalue weighted by molar-refractivity contribution is -0.156. The van der Waals surface area contributed by atoms with Gasteiger partial charge in [0, 0.05) is 15.6 Å². The van der Waals surface area contributed by atoms with E-state index in [2.05, 4.69) is 59.3 Å². The van der Waals surface area contributed by atoms with Crippen LogP contribution in [0.25, 0.3) is 0 Å². The summed E-state index contributed by atoms with van der Waals surface area (Å²) in [5, 5.41) is 17.2. The minimum atomic E-state index is -4.54. The maximum atomic E-state index is 13.0. The van der Waals surface area contributed by atoms with Crippen LogP contribution in [0.15, 0.2) is 46.0 Å². The third-order valence-electron chi connectivity index (χ3n) is 8.61. The van der Waals surface area contributed by atoms with Crippen LogP contribution in [0.2, 0.25) is 0 Å². The Labute approximate surface area is 240 Å². The lowest BCUT2D eigenvalue weighted by Gasteiger charge is -2.53. The first kappa shape index (κ1) is 30.1. The fourth-order valence-corrected chi connectivity index (χ4v) is 7.11. The van der Waals surface area contributed by atoms with E-state index in [9.17, 15) is 27.9 Å². The van der Waals surface area contributed by atoms with Crippen molar-refractivity contribution in [3.05, 3.63) is 68.7 Å². The molecule has 216 valence electrons. The van der Waals surface area contributed by atoms with Crippen LogP contribution in [0.1, 0.15) is 91.9 Å². The van der Waals surface area contributed by atoms with Crippen LogP contribution in [0.3, 0.4) is 0 Å². The van der Waals surface area contributed by atoms with Gasteiger partial charge in [-0.25, -0.2) is 0 Å². The highest BCUT2D eigenvalue weighted by molar-refractivity contribution is 9.10. The predicted octanol–water partition coefficient (Wildman–Crippen LogP) is 7.29. The first-order chi connectivity index (χ1) is 18.7. The number of carboxylic acids is 1. The van der Waals surface area contributed by atoms with Crippen LogP contribution in [0.4, 0.5) is 13.2 Å². The highest BCUT2D eigenvalue weighted by atomic mass is 79.9. The molecule has 40 heavy (non-hydrogen) atoms. The van der Waals surface area contributed by atoms with Crippen molar-refractivity contribution in [2.45, 2.75) is 70.9 Å². The molecule has 0 spiro atoms. The number of rotatable bonds is 7.